The van der Waals surface area contributed by atoms with Gasteiger partial charge in [0.1, 0.15) is 11.4 Å². The summed E-state index contributed by atoms with van der Waals surface area (Å²) in [6.45, 7) is 1.51. The van der Waals surface area contributed by atoms with Gasteiger partial charge in [0.15, 0.2) is 5.78 Å². The van der Waals surface area contributed by atoms with E-state index in [1.54, 1.807) is 18.2 Å². The number of para-hydroxylation sites is 1. The maximum atomic E-state index is 11.4. The molecule has 0 bridgehead atoms. The first kappa shape index (κ1) is 14.0. The summed E-state index contributed by atoms with van der Waals surface area (Å²) in [7, 11) is 0. The van der Waals surface area contributed by atoms with Crippen LogP contribution in [-0.2, 0) is 0 Å². The van der Waals surface area contributed by atoms with Crippen molar-refractivity contribution in [1.29, 1.82) is 0 Å². The van der Waals surface area contributed by atoms with Crippen molar-refractivity contribution < 1.29 is 9.90 Å². The topological polar surface area (TPSA) is 50.2 Å². The van der Waals surface area contributed by atoms with E-state index in [0.29, 0.717) is 5.69 Å². The third-order valence-electron chi connectivity index (χ3n) is 3.51. The molecule has 0 atom stereocenters. The molecule has 3 aromatic rings. The number of carbonyl (C=O) groups excluding carboxylic acids is 1. The van der Waals surface area contributed by atoms with Crippen molar-refractivity contribution in [2.45, 2.75) is 6.92 Å². The van der Waals surface area contributed by atoms with Crippen LogP contribution in [-0.4, -0.2) is 15.9 Å². The Morgan fingerprint density at radius 2 is 1.55 bits per heavy atom. The number of benzene rings is 2. The second-order valence-corrected chi connectivity index (χ2v) is 5.06. The summed E-state index contributed by atoms with van der Waals surface area (Å²) in [5, 5.41) is 9.90. The van der Waals surface area contributed by atoms with Gasteiger partial charge in [-0.3, -0.25) is 4.79 Å². The summed E-state index contributed by atoms with van der Waals surface area (Å²) < 4.78 is 0. The highest BCUT2D eigenvalue weighted by Crippen LogP contribution is 2.30. The number of Topliss-reactive ketones (excluding diaryl/α,β-unsaturated/α-hetero) is 1. The molecule has 3 rings (SSSR count). The summed E-state index contributed by atoms with van der Waals surface area (Å²) in [6.07, 6.45) is 0. The molecule has 108 valence electrons. The largest absolute Gasteiger partial charge is 0.507 e. The number of phenols is 1. The van der Waals surface area contributed by atoms with E-state index in [1.807, 2.05) is 48.5 Å². The predicted molar refractivity (Wildman–Crippen MR) is 86.8 cm³/mol. The summed E-state index contributed by atoms with van der Waals surface area (Å²) in [4.78, 5) is 15.8. The number of aromatic nitrogens is 1. The third kappa shape index (κ3) is 2.74. The number of phenolic OH excluding ortho intramolecular Hbond substituents is 1. The first-order chi connectivity index (χ1) is 10.6. The van der Waals surface area contributed by atoms with Crippen LogP contribution in [0.15, 0.2) is 66.7 Å². The quantitative estimate of drug-likeness (QED) is 0.730. The number of hydrogen-bond acceptors (Lipinski definition) is 3. The molecule has 0 unspecified atom stereocenters. The normalized spacial score (nSPS) is 10.4. The number of pyridine rings is 1. The lowest BCUT2D eigenvalue weighted by Crippen LogP contribution is -1.97. The predicted octanol–water partition coefficient (Wildman–Crippen LogP) is 4.32. The Bertz CT molecular complexity index is 823. The molecule has 0 amide bonds. The zero-order valence-corrected chi connectivity index (χ0v) is 12.2. The van der Waals surface area contributed by atoms with Crippen molar-refractivity contribution in [3.8, 4) is 28.1 Å². The molecule has 0 spiro atoms. The fourth-order valence-electron chi connectivity index (χ4n) is 2.33. The van der Waals surface area contributed by atoms with E-state index in [0.717, 1.165) is 22.4 Å². The number of ketones is 1. The Balaban J connectivity index is 1.97. The highest BCUT2D eigenvalue weighted by Gasteiger charge is 2.06. The maximum Gasteiger partial charge on any atom is 0.178 e. The van der Waals surface area contributed by atoms with Crippen molar-refractivity contribution >= 4 is 5.78 Å². The Labute approximate surface area is 128 Å². The van der Waals surface area contributed by atoms with Crippen LogP contribution in [0.2, 0.25) is 0 Å². The molecule has 0 aliphatic carbocycles. The molecule has 22 heavy (non-hydrogen) atoms. The highest BCUT2D eigenvalue weighted by atomic mass is 16.3. The van der Waals surface area contributed by atoms with Gasteiger partial charge in [0.2, 0.25) is 0 Å². The average Bonchev–Trinajstić information content (AvgIpc) is 2.56. The van der Waals surface area contributed by atoms with Gasteiger partial charge >= 0.3 is 0 Å². The fraction of sp³-hybridized carbons (Fsp3) is 0.0526. The van der Waals surface area contributed by atoms with Crippen LogP contribution in [0.5, 0.6) is 5.75 Å². The molecule has 0 aliphatic heterocycles. The molecule has 3 heteroatoms. The number of aromatic hydroxyl groups is 1. The minimum absolute atomic E-state index is 0.0484. The number of carbonyl (C=O) groups is 1. The standard InChI is InChI=1S/C19H15NO2/c1-13(21)17-6-4-7-18(20-17)15-11-9-14(10-12-15)16-5-2-3-8-19(16)22/h2-12,22H,1H3. The van der Waals surface area contributed by atoms with Crippen LogP contribution in [0.3, 0.4) is 0 Å². The van der Waals surface area contributed by atoms with Crippen LogP contribution in [0.4, 0.5) is 0 Å². The van der Waals surface area contributed by atoms with Gasteiger partial charge in [0.05, 0.1) is 5.69 Å². The molecule has 1 N–H and O–H groups in total. The molecule has 0 fully saturated rings. The lowest BCUT2D eigenvalue weighted by molar-refractivity contribution is 0.101. The summed E-state index contributed by atoms with van der Waals surface area (Å²) >= 11 is 0. The second kappa shape index (κ2) is 5.82. The molecule has 0 aliphatic rings. The van der Waals surface area contributed by atoms with Crippen molar-refractivity contribution in [1.82, 2.24) is 4.98 Å². The molecule has 1 heterocycles. The smallest absolute Gasteiger partial charge is 0.178 e. The lowest BCUT2D eigenvalue weighted by atomic mass is 10.0. The highest BCUT2D eigenvalue weighted by molar-refractivity contribution is 5.92. The molecule has 3 nitrogen and oxygen atoms in total. The summed E-state index contributed by atoms with van der Waals surface area (Å²) in [6, 6.07) is 20.4. The van der Waals surface area contributed by atoms with Crippen LogP contribution in [0.1, 0.15) is 17.4 Å². The van der Waals surface area contributed by atoms with E-state index in [-0.39, 0.29) is 11.5 Å². The maximum absolute atomic E-state index is 11.4. The SMILES string of the molecule is CC(=O)c1cccc(-c2ccc(-c3ccccc3O)cc2)n1. The Hall–Kier alpha value is -2.94. The van der Waals surface area contributed by atoms with E-state index in [9.17, 15) is 9.90 Å². The van der Waals surface area contributed by atoms with E-state index in [4.69, 9.17) is 0 Å². The first-order valence-electron chi connectivity index (χ1n) is 7.02. The van der Waals surface area contributed by atoms with Gasteiger partial charge in [0, 0.05) is 18.1 Å². The zero-order chi connectivity index (χ0) is 15.5. The van der Waals surface area contributed by atoms with Gasteiger partial charge in [0.25, 0.3) is 0 Å². The Kier molecular flexibility index (Phi) is 3.71. The Morgan fingerprint density at radius 1 is 0.864 bits per heavy atom. The first-order valence-corrected chi connectivity index (χ1v) is 7.02. The van der Waals surface area contributed by atoms with Crippen LogP contribution in [0, 0.1) is 0 Å². The minimum Gasteiger partial charge on any atom is -0.507 e. The van der Waals surface area contributed by atoms with E-state index in [2.05, 4.69) is 4.98 Å². The summed E-state index contributed by atoms with van der Waals surface area (Å²) in [5.41, 5.74) is 3.88. The van der Waals surface area contributed by atoms with Gasteiger partial charge < -0.3 is 5.11 Å². The number of rotatable bonds is 3. The van der Waals surface area contributed by atoms with Crippen molar-refractivity contribution in [2.75, 3.05) is 0 Å². The average molecular weight is 289 g/mol. The zero-order valence-electron chi connectivity index (χ0n) is 12.2. The van der Waals surface area contributed by atoms with Gasteiger partial charge in [-0.15, -0.1) is 0 Å². The molecule has 2 aromatic carbocycles. The fourth-order valence-corrected chi connectivity index (χ4v) is 2.33. The van der Waals surface area contributed by atoms with Gasteiger partial charge in [-0.05, 0) is 23.8 Å². The monoisotopic (exact) mass is 289 g/mol. The molecule has 0 radical (unpaired) electrons. The van der Waals surface area contributed by atoms with Crippen molar-refractivity contribution in [2.24, 2.45) is 0 Å². The van der Waals surface area contributed by atoms with Gasteiger partial charge in [-0.2, -0.15) is 0 Å². The molecule has 0 saturated heterocycles. The van der Waals surface area contributed by atoms with Crippen LogP contribution < -0.4 is 0 Å². The van der Waals surface area contributed by atoms with E-state index < -0.39 is 0 Å². The van der Waals surface area contributed by atoms with Gasteiger partial charge in [-0.1, -0.05) is 48.5 Å². The molecular weight excluding hydrogens is 274 g/mol. The molecular formula is C19H15NO2. The number of nitrogens with zero attached hydrogens (tertiary/aromatic N) is 1. The second-order valence-electron chi connectivity index (χ2n) is 5.06. The van der Waals surface area contributed by atoms with Gasteiger partial charge in [-0.25, -0.2) is 4.98 Å². The number of hydrogen-bond donors (Lipinski definition) is 1. The van der Waals surface area contributed by atoms with Crippen LogP contribution >= 0.6 is 0 Å². The van der Waals surface area contributed by atoms with Crippen molar-refractivity contribution in [3.05, 3.63) is 72.4 Å². The van der Waals surface area contributed by atoms with Crippen molar-refractivity contribution in [3.63, 3.8) is 0 Å². The summed E-state index contributed by atoms with van der Waals surface area (Å²) in [5.74, 6) is 0.208. The third-order valence-corrected chi connectivity index (χ3v) is 3.51. The van der Waals surface area contributed by atoms with E-state index >= 15 is 0 Å². The Morgan fingerprint density at radius 3 is 2.23 bits per heavy atom. The molecule has 1 aromatic heterocycles. The van der Waals surface area contributed by atoms with Crippen LogP contribution in [0.25, 0.3) is 22.4 Å². The molecule has 0 saturated carbocycles. The van der Waals surface area contributed by atoms with E-state index in [1.165, 1.54) is 6.92 Å². The lowest BCUT2D eigenvalue weighted by Gasteiger charge is -2.07. The minimum atomic E-state index is -0.0484.